The van der Waals surface area contributed by atoms with E-state index in [2.05, 4.69) is 16.0 Å². The zero-order chi connectivity index (χ0) is 30.5. The summed E-state index contributed by atoms with van der Waals surface area (Å²) in [4.78, 5) is 40.4. The molecule has 0 radical (unpaired) electrons. The van der Waals surface area contributed by atoms with Crippen molar-refractivity contribution in [2.45, 2.75) is 72.1 Å². The minimum Gasteiger partial charge on any atom is -0.390 e. The molecule has 2 aromatic carbocycles. The number of amides is 3. The maximum atomic E-state index is 13.9. The van der Waals surface area contributed by atoms with Crippen molar-refractivity contribution in [3.05, 3.63) is 70.8 Å². The summed E-state index contributed by atoms with van der Waals surface area (Å²) in [6, 6.07) is 7.76. The van der Waals surface area contributed by atoms with Gasteiger partial charge in [0.15, 0.2) is 0 Å². The molecule has 2 rings (SSSR count). The fourth-order valence-electron chi connectivity index (χ4n) is 4.34. The lowest BCUT2D eigenvalue weighted by molar-refractivity contribution is -0.123. The van der Waals surface area contributed by atoms with Crippen molar-refractivity contribution in [2.24, 2.45) is 5.92 Å². The van der Waals surface area contributed by atoms with Crippen molar-refractivity contribution in [1.29, 1.82) is 0 Å². The van der Waals surface area contributed by atoms with Crippen LogP contribution in [0.5, 0.6) is 0 Å². The number of halogens is 2. The molecule has 226 valence electrons. The third-order valence-corrected chi connectivity index (χ3v) is 6.52. The van der Waals surface area contributed by atoms with Crippen LogP contribution in [0.15, 0.2) is 42.5 Å². The molecule has 4 N–H and O–H groups in total. The molecule has 0 heterocycles. The standard InChI is InChI=1S/C31H44F2N4O4/c1-6-11-37(12-7-2)31(41)24-10-8-9-23(16-24)30(40)36-27(15-22-13-25(32)17-26(33)14-22)28(38)19-34-21(5)29(39)35-18-20(3)4/h8-10,13-14,16-17,20-21,27-28,34,38H,6-7,11-12,15,18-19H2,1-5H3,(H,35,39)(H,36,40)/t21-,27+,28-/m1/s1. The van der Waals surface area contributed by atoms with Crippen LogP contribution < -0.4 is 16.0 Å². The molecular weight excluding hydrogens is 530 g/mol. The van der Waals surface area contributed by atoms with Crippen LogP contribution in [0.4, 0.5) is 8.78 Å². The number of aliphatic hydroxyl groups is 1. The average molecular weight is 575 g/mol. The number of carbonyl (C=O) groups is 3. The summed E-state index contributed by atoms with van der Waals surface area (Å²) in [7, 11) is 0. The average Bonchev–Trinajstić information content (AvgIpc) is 2.92. The van der Waals surface area contributed by atoms with Gasteiger partial charge in [-0.15, -0.1) is 0 Å². The van der Waals surface area contributed by atoms with Crippen LogP contribution in [0.25, 0.3) is 0 Å². The largest absolute Gasteiger partial charge is 0.390 e. The van der Waals surface area contributed by atoms with E-state index in [4.69, 9.17) is 0 Å². The molecule has 0 saturated heterocycles. The predicted molar refractivity (Wildman–Crippen MR) is 156 cm³/mol. The van der Waals surface area contributed by atoms with Crippen molar-refractivity contribution >= 4 is 17.7 Å². The molecule has 0 bridgehead atoms. The Kier molecular flexibility index (Phi) is 13.9. The Morgan fingerprint density at radius 2 is 1.51 bits per heavy atom. The van der Waals surface area contributed by atoms with Gasteiger partial charge in [0, 0.05) is 43.4 Å². The summed E-state index contributed by atoms with van der Waals surface area (Å²) < 4.78 is 27.8. The summed E-state index contributed by atoms with van der Waals surface area (Å²) >= 11 is 0. The monoisotopic (exact) mass is 574 g/mol. The highest BCUT2D eigenvalue weighted by molar-refractivity contribution is 5.99. The minimum absolute atomic E-state index is 0.0689. The van der Waals surface area contributed by atoms with Crippen LogP contribution in [0.3, 0.4) is 0 Å². The molecule has 0 aliphatic rings. The van der Waals surface area contributed by atoms with Crippen LogP contribution >= 0.6 is 0 Å². The van der Waals surface area contributed by atoms with Gasteiger partial charge in [-0.05, 0) is 68.0 Å². The van der Waals surface area contributed by atoms with Crippen LogP contribution in [0, 0.1) is 17.6 Å². The molecule has 0 unspecified atom stereocenters. The Labute approximate surface area is 241 Å². The molecule has 10 heteroatoms. The van der Waals surface area contributed by atoms with Crippen molar-refractivity contribution in [3.63, 3.8) is 0 Å². The second-order valence-electron chi connectivity index (χ2n) is 10.8. The molecule has 0 fully saturated rings. The lowest BCUT2D eigenvalue weighted by atomic mass is 9.99. The fraction of sp³-hybridized carbons (Fsp3) is 0.516. The lowest BCUT2D eigenvalue weighted by Gasteiger charge is -2.26. The van der Waals surface area contributed by atoms with E-state index in [1.165, 1.54) is 6.07 Å². The number of hydrogen-bond acceptors (Lipinski definition) is 5. The number of nitrogens with one attached hydrogen (secondary N) is 3. The van der Waals surface area contributed by atoms with Crippen LogP contribution in [0.1, 0.15) is 73.7 Å². The maximum Gasteiger partial charge on any atom is 0.253 e. The molecule has 0 aromatic heterocycles. The number of aliphatic hydroxyl groups excluding tert-OH is 1. The van der Waals surface area contributed by atoms with E-state index in [0.29, 0.717) is 25.2 Å². The van der Waals surface area contributed by atoms with Crippen LogP contribution in [0.2, 0.25) is 0 Å². The summed E-state index contributed by atoms with van der Waals surface area (Å²) in [6.45, 7) is 11.2. The van der Waals surface area contributed by atoms with Gasteiger partial charge in [0.1, 0.15) is 11.6 Å². The van der Waals surface area contributed by atoms with Gasteiger partial charge in [-0.1, -0.05) is 33.8 Å². The maximum absolute atomic E-state index is 13.9. The van der Waals surface area contributed by atoms with Gasteiger partial charge in [0.2, 0.25) is 5.91 Å². The molecule has 0 aliphatic heterocycles. The predicted octanol–water partition coefficient (Wildman–Crippen LogP) is 3.68. The molecule has 3 atom stereocenters. The Morgan fingerprint density at radius 3 is 2.10 bits per heavy atom. The Balaban J connectivity index is 2.22. The van der Waals surface area contributed by atoms with Gasteiger partial charge in [0.05, 0.1) is 18.2 Å². The van der Waals surface area contributed by atoms with Crippen molar-refractivity contribution in [3.8, 4) is 0 Å². The van der Waals surface area contributed by atoms with E-state index in [1.807, 2.05) is 27.7 Å². The van der Waals surface area contributed by atoms with E-state index < -0.39 is 35.7 Å². The zero-order valence-corrected chi connectivity index (χ0v) is 24.7. The highest BCUT2D eigenvalue weighted by Crippen LogP contribution is 2.14. The molecule has 0 spiro atoms. The number of rotatable bonds is 16. The molecule has 2 aromatic rings. The normalized spacial score (nSPS) is 13.4. The third kappa shape index (κ3) is 11.2. The minimum atomic E-state index is -1.21. The second kappa shape index (κ2) is 16.8. The summed E-state index contributed by atoms with van der Waals surface area (Å²) in [5.74, 6) is -2.24. The SMILES string of the molecule is CCCN(CCC)C(=O)c1cccc(C(=O)N[C@@H](Cc2cc(F)cc(F)c2)[C@H](O)CN[C@H](C)C(=O)NCC(C)C)c1. The van der Waals surface area contributed by atoms with E-state index in [0.717, 1.165) is 31.0 Å². The first-order chi connectivity index (χ1) is 19.4. The fourth-order valence-corrected chi connectivity index (χ4v) is 4.34. The summed E-state index contributed by atoms with van der Waals surface area (Å²) in [5, 5.41) is 19.6. The van der Waals surface area contributed by atoms with Crippen LogP contribution in [-0.2, 0) is 11.2 Å². The van der Waals surface area contributed by atoms with Crippen molar-refractivity contribution in [1.82, 2.24) is 20.9 Å². The Morgan fingerprint density at radius 1 is 0.902 bits per heavy atom. The Hall–Kier alpha value is -3.37. The van der Waals surface area contributed by atoms with Crippen molar-refractivity contribution < 1.29 is 28.3 Å². The number of benzene rings is 2. The zero-order valence-electron chi connectivity index (χ0n) is 24.7. The summed E-state index contributed by atoms with van der Waals surface area (Å²) in [5.41, 5.74) is 0.820. The number of nitrogens with zero attached hydrogens (tertiary/aromatic N) is 1. The molecular formula is C31H44F2N4O4. The first-order valence-electron chi connectivity index (χ1n) is 14.3. The van der Waals surface area contributed by atoms with Crippen molar-refractivity contribution in [2.75, 3.05) is 26.2 Å². The first kappa shape index (κ1) is 33.8. The topological polar surface area (TPSA) is 111 Å². The van der Waals surface area contributed by atoms with E-state index in [9.17, 15) is 28.3 Å². The van der Waals surface area contributed by atoms with Crippen LogP contribution in [-0.4, -0.2) is 72.1 Å². The van der Waals surface area contributed by atoms with Gasteiger partial charge in [-0.25, -0.2) is 8.78 Å². The van der Waals surface area contributed by atoms with E-state index in [1.54, 1.807) is 30.0 Å². The molecule has 3 amide bonds. The second-order valence-corrected chi connectivity index (χ2v) is 10.8. The van der Waals surface area contributed by atoms with Gasteiger partial charge in [-0.2, -0.15) is 0 Å². The molecule has 0 aliphatic carbocycles. The van der Waals surface area contributed by atoms with Gasteiger partial charge in [0.25, 0.3) is 11.8 Å². The van der Waals surface area contributed by atoms with Gasteiger partial charge >= 0.3 is 0 Å². The lowest BCUT2D eigenvalue weighted by Crippen LogP contribution is -2.52. The third-order valence-electron chi connectivity index (χ3n) is 6.52. The Bertz CT molecular complexity index is 1130. The molecule has 0 saturated carbocycles. The molecule has 8 nitrogen and oxygen atoms in total. The van der Waals surface area contributed by atoms with E-state index >= 15 is 0 Å². The quantitative estimate of drug-likeness (QED) is 0.245. The van der Waals surface area contributed by atoms with Gasteiger partial charge < -0.3 is 26.0 Å². The summed E-state index contributed by atoms with van der Waals surface area (Å²) in [6.07, 6.45) is 0.326. The van der Waals surface area contributed by atoms with E-state index in [-0.39, 0.29) is 41.8 Å². The highest BCUT2D eigenvalue weighted by atomic mass is 19.1. The number of carbonyl (C=O) groups excluding carboxylic acids is 3. The van der Waals surface area contributed by atoms with Gasteiger partial charge in [-0.3, -0.25) is 14.4 Å². The number of hydrogen-bond donors (Lipinski definition) is 4. The molecule has 41 heavy (non-hydrogen) atoms. The smallest absolute Gasteiger partial charge is 0.253 e. The highest BCUT2D eigenvalue weighted by Gasteiger charge is 2.25. The first-order valence-corrected chi connectivity index (χ1v) is 14.3.